The lowest BCUT2D eigenvalue weighted by Gasteiger charge is -2.22. The Morgan fingerprint density at radius 2 is 1.68 bits per heavy atom. The Balaban J connectivity index is 1.52. The average Bonchev–Trinajstić information content (AvgIpc) is 3.15. The van der Waals surface area contributed by atoms with Gasteiger partial charge in [-0.3, -0.25) is 10.00 Å². The molecule has 0 bridgehead atoms. The van der Waals surface area contributed by atoms with Crippen molar-refractivity contribution in [2.75, 3.05) is 52.4 Å². The Kier molecular flexibility index (Phi) is 6.51. The Labute approximate surface area is 182 Å². The number of ether oxygens (including phenoxy) is 3. The van der Waals surface area contributed by atoms with Gasteiger partial charge in [0.25, 0.3) is 0 Å². The molecule has 1 saturated heterocycles. The van der Waals surface area contributed by atoms with Gasteiger partial charge < -0.3 is 19.1 Å². The highest BCUT2D eigenvalue weighted by Crippen LogP contribution is 2.41. The number of hydrogen-bond acceptors (Lipinski definition) is 8. The van der Waals surface area contributed by atoms with Crippen molar-refractivity contribution in [1.82, 2.24) is 25.1 Å². The molecule has 2 aromatic heterocycles. The average molecular weight is 425 g/mol. The Morgan fingerprint density at radius 3 is 2.35 bits per heavy atom. The molecule has 1 aromatic carbocycles. The van der Waals surface area contributed by atoms with E-state index in [1.165, 1.54) is 0 Å². The molecule has 31 heavy (non-hydrogen) atoms. The molecule has 3 heterocycles. The molecule has 3 aromatic rings. The first-order valence-corrected chi connectivity index (χ1v) is 10.3. The summed E-state index contributed by atoms with van der Waals surface area (Å²) in [7, 11) is 4.84. The summed E-state index contributed by atoms with van der Waals surface area (Å²) in [5.74, 6) is 2.60. The normalized spacial score (nSPS) is 14.9. The fourth-order valence-corrected chi connectivity index (χ4v) is 3.93. The molecule has 0 saturated carbocycles. The van der Waals surface area contributed by atoms with Crippen molar-refractivity contribution in [2.45, 2.75) is 13.0 Å². The fraction of sp³-hybridized carbons (Fsp3) is 0.409. The van der Waals surface area contributed by atoms with E-state index in [0.29, 0.717) is 17.2 Å². The summed E-state index contributed by atoms with van der Waals surface area (Å²) in [6, 6.07) is 5.72. The number of nitrogens with one attached hydrogen (secondary N) is 1. The van der Waals surface area contributed by atoms with Crippen molar-refractivity contribution in [2.24, 2.45) is 0 Å². The lowest BCUT2D eigenvalue weighted by atomic mass is 10.1. The van der Waals surface area contributed by atoms with Gasteiger partial charge in [-0.1, -0.05) is 0 Å². The zero-order valence-corrected chi connectivity index (χ0v) is 18.2. The largest absolute Gasteiger partial charge is 0.493 e. The summed E-state index contributed by atoms with van der Waals surface area (Å²) < 4.78 is 16.5. The third-order valence-electron chi connectivity index (χ3n) is 5.49. The zero-order valence-electron chi connectivity index (χ0n) is 18.2. The van der Waals surface area contributed by atoms with Crippen LogP contribution in [0.1, 0.15) is 12.0 Å². The smallest absolute Gasteiger partial charge is 0.225 e. The first kappa shape index (κ1) is 20.9. The SMILES string of the molecule is COc1cc(-c2[nH]ncc2CN2CCCN(c3ncccn3)CC2)cc(OC)c1OC. The topological polar surface area (TPSA) is 88.6 Å². The summed E-state index contributed by atoms with van der Waals surface area (Å²) in [5, 5.41) is 7.45. The summed E-state index contributed by atoms with van der Waals surface area (Å²) in [4.78, 5) is 13.5. The lowest BCUT2D eigenvalue weighted by molar-refractivity contribution is 0.286. The van der Waals surface area contributed by atoms with Gasteiger partial charge in [-0.15, -0.1) is 0 Å². The first-order chi connectivity index (χ1) is 15.2. The van der Waals surface area contributed by atoms with Crippen molar-refractivity contribution in [3.05, 3.63) is 42.4 Å². The van der Waals surface area contributed by atoms with Crippen LogP contribution in [-0.2, 0) is 6.54 Å². The van der Waals surface area contributed by atoms with Crippen molar-refractivity contribution in [3.63, 3.8) is 0 Å². The third-order valence-corrected chi connectivity index (χ3v) is 5.49. The summed E-state index contributed by atoms with van der Waals surface area (Å²) >= 11 is 0. The summed E-state index contributed by atoms with van der Waals surface area (Å²) in [5.41, 5.74) is 3.02. The van der Waals surface area contributed by atoms with Crippen molar-refractivity contribution in [3.8, 4) is 28.5 Å². The zero-order chi connectivity index (χ0) is 21.6. The molecule has 1 aliphatic rings. The molecular weight excluding hydrogens is 396 g/mol. The number of nitrogens with zero attached hydrogens (tertiary/aromatic N) is 5. The molecule has 9 heteroatoms. The molecular formula is C22H28N6O3. The van der Waals surface area contributed by atoms with E-state index in [2.05, 4.69) is 30.0 Å². The van der Waals surface area contributed by atoms with Crippen LogP contribution in [0.25, 0.3) is 11.3 Å². The number of rotatable bonds is 7. The minimum Gasteiger partial charge on any atom is -0.493 e. The summed E-state index contributed by atoms with van der Waals surface area (Å²) in [6.07, 6.45) is 6.53. The van der Waals surface area contributed by atoms with E-state index in [1.807, 2.05) is 24.4 Å². The predicted octanol–water partition coefficient (Wildman–Crippen LogP) is 2.60. The van der Waals surface area contributed by atoms with E-state index in [4.69, 9.17) is 14.2 Å². The van der Waals surface area contributed by atoms with E-state index in [1.54, 1.807) is 33.7 Å². The number of H-pyrrole nitrogens is 1. The monoisotopic (exact) mass is 424 g/mol. The van der Waals surface area contributed by atoms with Crippen LogP contribution < -0.4 is 19.1 Å². The van der Waals surface area contributed by atoms with Crippen LogP contribution in [-0.4, -0.2) is 72.6 Å². The number of aromatic amines is 1. The lowest BCUT2D eigenvalue weighted by Crippen LogP contribution is -2.31. The minimum atomic E-state index is 0.575. The molecule has 4 rings (SSSR count). The number of hydrogen-bond donors (Lipinski definition) is 1. The molecule has 164 valence electrons. The van der Waals surface area contributed by atoms with Gasteiger partial charge in [0.2, 0.25) is 11.7 Å². The van der Waals surface area contributed by atoms with E-state index in [-0.39, 0.29) is 0 Å². The van der Waals surface area contributed by atoms with Crippen LogP contribution in [0.2, 0.25) is 0 Å². The van der Waals surface area contributed by atoms with Crippen LogP contribution in [0.3, 0.4) is 0 Å². The molecule has 0 aliphatic carbocycles. The molecule has 0 atom stereocenters. The summed E-state index contributed by atoms with van der Waals surface area (Å²) in [6.45, 7) is 4.57. The molecule has 0 amide bonds. The molecule has 0 radical (unpaired) electrons. The van der Waals surface area contributed by atoms with E-state index in [9.17, 15) is 0 Å². The molecule has 0 spiro atoms. The second-order valence-electron chi connectivity index (χ2n) is 7.35. The van der Waals surface area contributed by atoms with E-state index < -0.39 is 0 Å². The van der Waals surface area contributed by atoms with Gasteiger partial charge in [0.15, 0.2) is 11.5 Å². The van der Waals surface area contributed by atoms with Crippen LogP contribution in [0.15, 0.2) is 36.8 Å². The first-order valence-electron chi connectivity index (χ1n) is 10.3. The molecule has 1 N–H and O–H groups in total. The van der Waals surface area contributed by atoms with Gasteiger partial charge in [-0.2, -0.15) is 5.10 Å². The Hall–Kier alpha value is -3.33. The van der Waals surface area contributed by atoms with Crippen LogP contribution in [0, 0.1) is 0 Å². The number of anilines is 1. The van der Waals surface area contributed by atoms with E-state index in [0.717, 1.165) is 61.9 Å². The van der Waals surface area contributed by atoms with Crippen LogP contribution in [0.4, 0.5) is 5.95 Å². The van der Waals surface area contributed by atoms with Gasteiger partial charge in [0.1, 0.15) is 0 Å². The predicted molar refractivity (Wildman–Crippen MR) is 118 cm³/mol. The highest BCUT2D eigenvalue weighted by Gasteiger charge is 2.20. The highest BCUT2D eigenvalue weighted by atomic mass is 16.5. The fourth-order valence-electron chi connectivity index (χ4n) is 3.93. The molecule has 0 unspecified atom stereocenters. The molecule has 9 nitrogen and oxygen atoms in total. The minimum absolute atomic E-state index is 0.575. The number of aromatic nitrogens is 4. The second kappa shape index (κ2) is 9.65. The quantitative estimate of drug-likeness (QED) is 0.619. The van der Waals surface area contributed by atoms with Crippen LogP contribution >= 0.6 is 0 Å². The highest BCUT2D eigenvalue weighted by molar-refractivity contribution is 5.70. The molecule has 1 aliphatic heterocycles. The van der Waals surface area contributed by atoms with Gasteiger partial charge in [-0.05, 0) is 24.6 Å². The maximum atomic E-state index is 5.51. The Bertz CT molecular complexity index is 969. The third kappa shape index (κ3) is 4.56. The van der Waals surface area contributed by atoms with Crippen molar-refractivity contribution in [1.29, 1.82) is 0 Å². The molecule has 1 fully saturated rings. The van der Waals surface area contributed by atoms with Crippen molar-refractivity contribution < 1.29 is 14.2 Å². The van der Waals surface area contributed by atoms with E-state index >= 15 is 0 Å². The van der Waals surface area contributed by atoms with Gasteiger partial charge in [-0.25, -0.2) is 9.97 Å². The number of benzene rings is 1. The van der Waals surface area contributed by atoms with Crippen LogP contribution in [0.5, 0.6) is 17.2 Å². The Morgan fingerprint density at radius 1 is 0.935 bits per heavy atom. The van der Waals surface area contributed by atoms with Gasteiger partial charge in [0.05, 0.1) is 33.2 Å². The number of methoxy groups -OCH3 is 3. The maximum absolute atomic E-state index is 5.51. The standard InChI is InChI=1S/C22H28N6O3/c1-29-18-12-16(13-19(30-2)21(18)31-3)20-17(14-25-26-20)15-27-8-5-9-28(11-10-27)22-23-6-4-7-24-22/h4,6-7,12-14H,5,8-11,15H2,1-3H3,(H,25,26). The van der Waals surface area contributed by atoms with Gasteiger partial charge in [0, 0.05) is 56.2 Å². The maximum Gasteiger partial charge on any atom is 0.225 e. The second-order valence-corrected chi connectivity index (χ2v) is 7.35. The van der Waals surface area contributed by atoms with Crippen molar-refractivity contribution >= 4 is 5.95 Å². The van der Waals surface area contributed by atoms with Gasteiger partial charge >= 0.3 is 0 Å².